The van der Waals surface area contributed by atoms with E-state index in [0.29, 0.717) is 17.1 Å². The van der Waals surface area contributed by atoms with Crippen molar-refractivity contribution in [1.29, 1.82) is 0 Å². The minimum Gasteiger partial charge on any atom is -0.495 e. The number of nitrogens with zero attached hydrogens (tertiary/aromatic N) is 2. The van der Waals surface area contributed by atoms with Crippen LogP contribution in [0.2, 0.25) is 0 Å². The van der Waals surface area contributed by atoms with Crippen LogP contribution >= 0.6 is 12.2 Å². The molecule has 1 aromatic carbocycles. The van der Waals surface area contributed by atoms with Gasteiger partial charge in [0.15, 0.2) is 5.11 Å². The Bertz CT molecular complexity index is 691. The first kappa shape index (κ1) is 18.0. The average Bonchev–Trinajstić information content (AvgIpc) is 2.93. The maximum absolute atomic E-state index is 12.0. The van der Waals surface area contributed by atoms with Gasteiger partial charge in [-0.3, -0.25) is 0 Å². The number of ether oxygens (including phenoxy) is 2. The predicted octanol–water partition coefficient (Wildman–Crippen LogP) is 3.24. The molecule has 24 heavy (non-hydrogen) atoms. The van der Waals surface area contributed by atoms with E-state index in [4.69, 9.17) is 17.0 Å². The van der Waals surface area contributed by atoms with Crippen molar-refractivity contribution in [3.8, 4) is 5.75 Å². The summed E-state index contributed by atoms with van der Waals surface area (Å²) in [4.78, 5) is 0. The molecule has 0 fully saturated rings. The molecule has 2 rings (SSSR count). The number of halogens is 3. The van der Waals surface area contributed by atoms with E-state index in [0.717, 1.165) is 0 Å². The lowest BCUT2D eigenvalue weighted by Crippen LogP contribution is -2.19. The minimum atomic E-state index is -4.37. The maximum Gasteiger partial charge on any atom is 0.411 e. The third-order valence-electron chi connectivity index (χ3n) is 2.74. The molecule has 0 spiro atoms. The van der Waals surface area contributed by atoms with Crippen molar-refractivity contribution in [3.05, 3.63) is 36.7 Å². The van der Waals surface area contributed by atoms with Crippen molar-refractivity contribution in [2.24, 2.45) is 0 Å². The Kier molecular flexibility index (Phi) is 5.99. The average molecular weight is 360 g/mol. The normalized spacial score (nSPS) is 11.2. The van der Waals surface area contributed by atoms with Crippen LogP contribution in [0.3, 0.4) is 0 Å². The number of alkyl halides is 3. The van der Waals surface area contributed by atoms with E-state index in [2.05, 4.69) is 20.5 Å². The summed E-state index contributed by atoms with van der Waals surface area (Å²) in [5, 5.41) is 10.00. The van der Waals surface area contributed by atoms with Crippen LogP contribution in [-0.2, 0) is 11.5 Å². The van der Waals surface area contributed by atoms with Crippen molar-refractivity contribution in [2.75, 3.05) is 24.4 Å². The van der Waals surface area contributed by atoms with Gasteiger partial charge in [-0.15, -0.1) is 0 Å². The van der Waals surface area contributed by atoms with Crippen molar-refractivity contribution >= 4 is 28.7 Å². The molecule has 0 amide bonds. The zero-order valence-electron chi connectivity index (χ0n) is 12.6. The topological polar surface area (TPSA) is 60.3 Å². The summed E-state index contributed by atoms with van der Waals surface area (Å²) in [6.45, 7) is -1.64. The summed E-state index contributed by atoms with van der Waals surface area (Å²) >= 11 is 5.18. The quantitative estimate of drug-likeness (QED) is 0.772. The molecule has 10 heteroatoms. The van der Waals surface area contributed by atoms with Crippen molar-refractivity contribution in [3.63, 3.8) is 0 Å². The Morgan fingerprint density at radius 1 is 1.29 bits per heavy atom. The third kappa shape index (κ3) is 5.70. The van der Waals surface area contributed by atoms with E-state index in [-0.39, 0.29) is 11.8 Å². The fourth-order valence-corrected chi connectivity index (χ4v) is 2.01. The fraction of sp³-hybridized carbons (Fsp3) is 0.286. The minimum absolute atomic E-state index is 0.287. The van der Waals surface area contributed by atoms with Gasteiger partial charge in [-0.2, -0.15) is 18.3 Å². The van der Waals surface area contributed by atoms with Crippen LogP contribution in [0.4, 0.5) is 24.5 Å². The molecule has 6 nitrogen and oxygen atoms in total. The largest absolute Gasteiger partial charge is 0.495 e. The molecule has 1 aromatic heterocycles. The Hall–Kier alpha value is -2.33. The highest BCUT2D eigenvalue weighted by atomic mass is 32.1. The highest BCUT2D eigenvalue weighted by Crippen LogP contribution is 2.23. The van der Waals surface area contributed by atoms with E-state index in [1.54, 1.807) is 19.2 Å². The van der Waals surface area contributed by atoms with Gasteiger partial charge in [0.25, 0.3) is 0 Å². The molecule has 2 aromatic rings. The second-order valence-corrected chi connectivity index (χ2v) is 5.05. The van der Waals surface area contributed by atoms with Gasteiger partial charge < -0.3 is 20.1 Å². The molecule has 2 N–H and O–H groups in total. The standard InChI is InChI=1S/C14H15F3N4O2S/c1-22-12-5-3-2-4-11(12)20-13(24)19-10-6-18-21(7-10)9-23-8-14(15,16)17/h2-7H,8-9H2,1H3,(H2,19,20,24). The molecule has 130 valence electrons. The SMILES string of the molecule is COc1ccccc1NC(=S)Nc1cnn(COCC(F)(F)F)c1. The van der Waals surface area contributed by atoms with Crippen LogP contribution in [-0.4, -0.2) is 34.8 Å². The number of hydrogen-bond acceptors (Lipinski definition) is 4. The van der Waals surface area contributed by atoms with Gasteiger partial charge >= 0.3 is 6.18 Å². The molecule has 0 atom stereocenters. The van der Waals surface area contributed by atoms with E-state index in [1.165, 1.54) is 17.1 Å². The van der Waals surface area contributed by atoms with Crippen LogP contribution in [0.5, 0.6) is 5.75 Å². The first-order chi connectivity index (χ1) is 11.4. The number of methoxy groups -OCH3 is 1. The molecule has 0 aliphatic heterocycles. The van der Waals surface area contributed by atoms with E-state index < -0.39 is 12.8 Å². The fourth-order valence-electron chi connectivity index (χ4n) is 1.79. The van der Waals surface area contributed by atoms with Gasteiger partial charge in [0.1, 0.15) is 19.1 Å². The van der Waals surface area contributed by atoms with Crippen LogP contribution in [0.1, 0.15) is 0 Å². The first-order valence-corrected chi connectivity index (χ1v) is 7.16. The van der Waals surface area contributed by atoms with Gasteiger partial charge in [0.2, 0.25) is 0 Å². The molecular weight excluding hydrogens is 345 g/mol. The van der Waals surface area contributed by atoms with E-state index in [9.17, 15) is 13.2 Å². The summed E-state index contributed by atoms with van der Waals surface area (Å²) in [6.07, 6.45) is -1.46. The highest BCUT2D eigenvalue weighted by molar-refractivity contribution is 7.80. The summed E-state index contributed by atoms with van der Waals surface area (Å²) in [7, 11) is 1.54. The van der Waals surface area contributed by atoms with Gasteiger partial charge in [0.05, 0.1) is 30.9 Å². The van der Waals surface area contributed by atoms with Crippen molar-refractivity contribution in [2.45, 2.75) is 12.9 Å². The van der Waals surface area contributed by atoms with Gasteiger partial charge in [0, 0.05) is 0 Å². The summed E-state index contributed by atoms with van der Waals surface area (Å²) in [6, 6.07) is 7.22. The molecule has 0 saturated carbocycles. The summed E-state index contributed by atoms with van der Waals surface area (Å²) in [5.41, 5.74) is 1.19. The van der Waals surface area contributed by atoms with Crippen LogP contribution in [0.25, 0.3) is 0 Å². The predicted molar refractivity (Wildman–Crippen MR) is 87.1 cm³/mol. The molecule has 0 bridgehead atoms. The van der Waals surface area contributed by atoms with Crippen LogP contribution in [0.15, 0.2) is 36.7 Å². The lowest BCUT2D eigenvalue weighted by Gasteiger charge is -2.12. The second kappa shape index (κ2) is 7.97. The monoisotopic (exact) mass is 360 g/mol. The Balaban J connectivity index is 1.86. The van der Waals surface area contributed by atoms with E-state index >= 15 is 0 Å². The zero-order chi connectivity index (χ0) is 17.6. The number of para-hydroxylation sites is 2. The lowest BCUT2D eigenvalue weighted by atomic mass is 10.3. The Morgan fingerprint density at radius 2 is 2.04 bits per heavy atom. The highest BCUT2D eigenvalue weighted by Gasteiger charge is 2.27. The Morgan fingerprint density at radius 3 is 2.75 bits per heavy atom. The number of thiocarbonyl (C=S) groups is 1. The Labute approximate surface area is 141 Å². The summed E-state index contributed by atoms with van der Waals surface area (Å²) in [5.74, 6) is 0.623. The smallest absolute Gasteiger partial charge is 0.411 e. The van der Waals surface area contributed by atoms with Gasteiger partial charge in [-0.1, -0.05) is 12.1 Å². The molecule has 0 saturated heterocycles. The van der Waals surface area contributed by atoms with Gasteiger partial charge in [-0.05, 0) is 24.4 Å². The zero-order valence-corrected chi connectivity index (χ0v) is 13.4. The number of anilines is 2. The number of benzene rings is 1. The molecule has 0 aliphatic rings. The van der Waals surface area contributed by atoms with Crippen LogP contribution < -0.4 is 15.4 Å². The lowest BCUT2D eigenvalue weighted by molar-refractivity contribution is -0.182. The number of aromatic nitrogens is 2. The van der Waals surface area contributed by atoms with Crippen molar-refractivity contribution in [1.82, 2.24) is 9.78 Å². The van der Waals surface area contributed by atoms with Gasteiger partial charge in [-0.25, -0.2) is 4.68 Å². The number of rotatable bonds is 6. The van der Waals surface area contributed by atoms with Crippen molar-refractivity contribution < 1.29 is 22.6 Å². The van der Waals surface area contributed by atoms with E-state index in [1.807, 2.05) is 12.1 Å². The number of hydrogen-bond donors (Lipinski definition) is 2. The second-order valence-electron chi connectivity index (χ2n) is 4.64. The third-order valence-corrected chi connectivity index (χ3v) is 2.94. The van der Waals surface area contributed by atoms with Crippen LogP contribution in [0, 0.1) is 0 Å². The molecule has 1 heterocycles. The maximum atomic E-state index is 12.0. The number of nitrogens with one attached hydrogen (secondary N) is 2. The molecule has 0 aliphatic carbocycles. The first-order valence-electron chi connectivity index (χ1n) is 6.75. The summed E-state index contributed by atoms with van der Waals surface area (Å²) < 4.78 is 46.9. The molecule has 0 unspecified atom stereocenters. The molecular formula is C14H15F3N4O2S. The molecule has 0 radical (unpaired) electrons.